The summed E-state index contributed by atoms with van der Waals surface area (Å²) in [5, 5.41) is 20.5. The number of aryl methyl sites for hydroxylation is 2. The second-order valence-electron chi connectivity index (χ2n) is 5.68. The lowest BCUT2D eigenvalue weighted by Gasteiger charge is -2.15. The summed E-state index contributed by atoms with van der Waals surface area (Å²) in [5.74, 6) is 0.378. The minimum absolute atomic E-state index is 0.0202. The first-order chi connectivity index (χ1) is 11.0. The van der Waals surface area contributed by atoms with Gasteiger partial charge in [0.25, 0.3) is 0 Å². The lowest BCUT2D eigenvalue weighted by molar-refractivity contribution is -0.385. The quantitative estimate of drug-likeness (QED) is 0.617. The molecule has 1 fully saturated rings. The van der Waals surface area contributed by atoms with Crippen LogP contribution in [0.3, 0.4) is 0 Å². The molecule has 0 spiro atoms. The van der Waals surface area contributed by atoms with E-state index in [0.29, 0.717) is 12.5 Å². The Bertz CT molecular complexity index is 722. The van der Waals surface area contributed by atoms with Crippen molar-refractivity contribution in [3.8, 4) is 0 Å². The number of thiazole rings is 1. The molecule has 2 aromatic rings. The van der Waals surface area contributed by atoms with Crippen LogP contribution in [0, 0.1) is 23.0 Å². The van der Waals surface area contributed by atoms with E-state index < -0.39 is 4.92 Å². The molecule has 2 heterocycles. The number of nitrogens with one attached hydrogen (secondary N) is 1. The van der Waals surface area contributed by atoms with Crippen LogP contribution in [0.1, 0.15) is 36.0 Å². The zero-order chi connectivity index (χ0) is 16.4. The van der Waals surface area contributed by atoms with Crippen LogP contribution in [0.2, 0.25) is 0 Å². The third-order valence-corrected chi connectivity index (χ3v) is 4.76. The van der Waals surface area contributed by atoms with Crippen molar-refractivity contribution >= 4 is 22.9 Å². The summed E-state index contributed by atoms with van der Waals surface area (Å²) in [6.07, 6.45) is 4.95. The lowest BCUT2D eigenvalue weighted by Crippen LogP contribution is -2.30. The minimum Gasteiger partial charge on any atom is -0.347 e. The fourth-order valence-corrected chi connectivity index (χ4v) is 3.30. The van der Waals surface area contributed by atoms with Gasteiger partial charge < -0.3 is 5.32 Å². The Hall–Kier alpha value is -2.29. The predicted octanol–water partition coefficient (Wildman–Crippen LogP) is 2.21. The SMILES string of the molecule is Cc1csc([C@@H](NC(=O)CCn2cc([N+](=O)[O-])cn2)C2CC2)n1. The third kappa shape index (κ3) is 3.92. The molecule has 0 saturated heterocycles. The van der Waals surface area contributed by atoms with Crippen LogP contribution in [0.4, 0.5) is 5.69 Å². The summed E-state index contributed by atoms with van der Waals surface area (Å²) in [5.41, 5.74) is 0.897. The highest BCUT2D eigenvalue weighted by molar-refractivity contribution is 7.09. The van der Waals surface area contributed by atoms with Gasteiger partial charge in [0, 0.05) is 24.0 Å². The molecule has 1 atom stereocenters. The zero-order valence-electron chi connectivity index (χ0n) is 12.6. The molecule has 0 bridgehead atoms. The zero-order valence-corrected chi connectivity index (χ0v) is 13.5. The average molecular weight is 335 g/mol. The fraction of sp³-hybridized carbons (Fsp3) is 0.500. The molecule has 3 rings (SSSR count). The highest BCUT2D eigenvalue weighted by Gasteiger charge is 2.35. The lowest BCUT2D eigenvalue weighted by atomic mass is 10.2. The van der Waals surface area contributed by atoms with Gasteiger partial charge in [-0.1, -0.05) is 0 Å². The molecule has 1 N–H and O–H groups in total. The summed E-state index contributed by atoms with van der Waals surface area (Å²) < 4.78 is 1.41. The van der Waals surface area contributed by atoms with Crippen molar-refractivity contribution < 1.29 is 9.72 Å². The van der Waals surface area contributed by atoms with Gasteiger partial charge in [0.05, 0.1) is 11.0 Å². The van der Waals surface area contributed by atoms with Crippen LogP contribution in [0.15, 0.2) is 17.8 Å². The van der Waals surface area contributed by atoms with Gasteiger partial charge in [-0.15, -0.1) is 11.3 Å². The molecular formula is C14H17N5O3S. The molecule has 23 heavy (non-hydrogen) atoms. The Kier molecular flexibility index (Phi) is 4.37. The van der Waals surface area contributed by atoms with Gasteiger partial charge in [0.1, 0.15) is 17.4 Å². The number of nitrogens with zero attached hydrogens (tertiary/aromatic N) is 4. The molecule has 0 radical (unpaired) electrons. The monoisotopic (exact) mass is 335 g/mol. The highest BCUT2D eigenvalue weighted by atomic mass is 32.1. The van der Waals surface area contributed by atoms with Crippen molar-refractivity contribution in [1.82, 2.24) is 20.1 Å². The third-order valence-electron chi connectivity index (χ3n) is 3.71. The maximum Gasteiger partial charge on any atom is 0.306 e. The highest BCUT2D eigenvalue weighted by Crippen LogP contribution is 2.41. The maximum absolute atomic E-state index is 12.2. The normalized spacial score (nSPS) is 15.3. The minimum atomic E-state index is -0.502. The van der Waals surface area contributed by atoms with E-state index in [1.807, 2.05) is 12.3 Å². The van der Waals surface area contributed by atoms with Crippen molar-refractivity contribution in [2.45, 2.75) is 38.8 Å². The van der Waals surface area contributed by atoms with Crippen molar-refractivity contribution in [3.05, 3.63) is 38.6 Å². The summed E-state index contributed by atoms with van der Waals surface area (Å²) >= 11 is 1.57. The van der Waals surface area contributed by atoms with Crippen molar-refractivity contribution in [1.29, 1.82) is 0 Å². The molecule has 1 aliphatic rings. The van der Waals surface area contributed by atoms with E-state index in [0.717, 1.165) is 23.5 Å². The standard InChI is InChI=1S/C14H17N5O3S/c1-9-8-23-14(16-9)13(10-2-3-10)17-12(20)4-5-18-7-11(6-15-18)19(21)22/h6-8,10,13H,2-5H2,1H3,(H,17,20)/t13-/m0/s1. The molecule has 9 heteroatoms. The first-order valence-corrected chi connectivity index (χ1v) is 8.29. The molecule has 1 saturated carbocycles. The van der Waals surface area contributed by atoms with Crippen LogP contribution < -0.4 is 5.32 Å². The molecule has 0 aromatic carbocycles. The van der Waals surface area contributed by atoms with Gasteiger partial charge in [-0.05, 0) is 25.7 Å². The van der Waals surface area contributed by atoms with Crippen molar-refractivity contribution in [2.75, 3.05) is 0 Å². The second kappa shape index (κ2) is 6.45. The Morgan fingerprint density at radius 1 is 1.61 bits per heavy atom. The molecule has 0 unspecified atom stereocenters. The van der Waals surface area contributed by atoms with Gasteiger partial charge in [-0.25, -0.2) is 4.98 Å². The smallest absolute Gasteiger partial charge is 0.306 e. The molecular weight excluding hydrogens is 318 g/mol. The topological polar surface area (TPSA) is 103 Å². The van der Waals surface area contributed by atoms with E-state index in [1.165, 1.54) is 17.1 Å². The Balaban J connectivity index is 1.56. The Labute approximate surface area is 136 Å². The number of carbonyl (C=O) groups is 1. The molecule has 2 aromatic heterocycles. The van der Waals surface area contributed by atoms with Crippen LogP contribution in [-0.2, 0) is 11.3 Å². The van der Waals surface area contributed by atoms with Crippen LogP contribution in [0.25, 0.3) is 0 Å². The number of hydrogen-bond acceptors (Lipinski definition) is 6. The average Bonchev–Trinajstić information content (AvgIpc) is 3.07. The molecule has 122 valence electrons. The van der Waals surface area contributed by atoms with E-state index in [2.05, 4.69) is 15.4 Å². The fourth-order valence-electron chi connectivity index (χ4n) is 2.36. The summed E-state index contributed by atoms with van der Waals surface area (Å²) in [4.78, 5) is 26.8. The van der Waals surface area contributed by atoms with E-state index in [1.54, 1.807) is 11.3 Å². The molecule has 8 nitrogen and oxygen atoms in total. The van der Waals surface area contributed by atoms with Gasteiger partial charge in [-0.3, -0.25) is 19.6 Å². The number of hydrogen-bond donors (Lipinski definition) is 1. The van der Waals surface area contributed by atoms with E-state index >= 15 is 0 Å². The van der Waals surface area contributed by atoms with Crippen LogP contribution in [-0.4, -0.2) is 25.6 Å². The van der Waals surface area contributed by atoms with E-state index in [9.17, 15) is 14.9 Å². The maximum atomic E-state index is 12.2. The Morgan fingerprint density at radius 3 is 2.96 bits per heavy atom. The number of amides is 1. The summed E-state index contributed by atoms with van der Waals surface area (Å²) in [6.45, 7) is 2.25. The van der Waals surface area contributed by atoms with Crippen LogP contribution >= 0.6 is 11.3 Å². The number of rotatable bonds is 7. The van der Waals surface area contributed by atoms with Crippen LogP contribution in [0.5, 0.6) is 0 Å². The van der Waals surface area contributed by atoms with Gasteiger partial charge in [0.15, 0.2) is 0 Å². The van der Waals surface area contributed by atoms with Crippen molar-refractivity contribution in [3.63, 3.8) is 0 Å². The predicted molar refractivity (Wildman–Crippen MR) is 84.0 cm³/mol. The van der Waals surface area contributed by atoms with Gasteiger partial charge in [-0.2, -0.15) is 5.10 Å². The number of carbonyl (C=O) groups excluding carboxylic acids is 1. The summed E-state index contributed by atoms with van der Waals surface area (Å²) in [7, 11) is 0. The molecule has 1 amide bonds. The number of nitro groups is 1. The largest absolute Gasteiger partial charge is 0.347 e. The van der Waals surface area contributed by atoms with Gasteiger partial charge >= 0.3 is 5.69 Å². The van der Waals surface area contributed by atoms with Crippen molar-refractivity contribution in [2.24, 2.45) is 5.92 Å². The molecule has 1 aliphatic carbocycles. The van der Waals surface area contributed by atoms with Gasteiger partial charge in [0.2, 0.25) is 5.91 Å². The summed E-state index contributed by atoms with van der Waals surface area (Å²) in [6, 6.07) is -0.0202. The Morgan fingerprint density at radius 2 is 2.39 bits per heavy atom. The van der Waals surface area contributed by atoms with E-state index in [4.69, 9.17) is 0 Å². The first kappa shape index (κ1) is 15.6. The second-order valence-corrected chi connectivity index (χ2v) is 6.57. The molecule has 0 aliphatic heterocycles. The first-order valence-electron chi connectivity index (χ1n) is 7.41. The number of aromatic nitrogens is 3. The van der Waals surface area contributed by atoms with E-state index in [-0.39, 0.29) is 24.1 Å².